The zero-order chi connectivity index (χ0) is 23.5. The summed E-state index contributed by atoms with van der Waals surface area (Å²) in [7, 11) is 0. The molecule has 0 aliphatic carbocycles. The second-order valence-corrected chi connectivity index (χ2v) is 9.30. The molecular formula is C27H33N5O2. The lowest BCUT2D eigenvalue weighted by Gasteiger charge is -2.35. The molecule has 0 atom stereocenters. The Morgan fingerprint density at radius 1 is 0.941 bits per heavy atom. The summed E-state index contributed by atoms with van der Waals surface area (Å²) in [4.78, 5) is 35.6. The predicted octanol–water partition coefficient (Wildman–Crippen LogP) is 3.91. The summed E-state index contributed by atoms with van der Waals surface area (Å²) < 4.78 is 1.82. The van der Waals surface area contributed by atoms with E-state index in [1.54, 1.807) is 18.2 Å². The van der Waals surface area contributed by atoms with Crippen molar-refractivity contribution in [1.82, 2.24) is 14.5 Å². The molecule has 3 heterocycles. The first-order valence-electron chi connectivity index (χ1n) is 12.5. The molecule has 2 aliphatic heterocycles. The van der Waals surface area contributed by atoms with Crippen LogP contribution < -0.4 is 15.8 Å². The fourth-order valence-electron chi connectivity index (χ4n) is 5.02. The number of hydrogen-bond acceptors (Lipinski definition) is 5. The summed E-state index contributed by atoms with van der Waals surface area (Å²) >= 11 is 0. The van der Waals surface area contributed by atoms with Crippen molar-refractivity contribution in [1.29, 1.82) is 0 Å². The monoisotopic (exact) mass is 459 g/mol. The van der Waals surface area contributed by atoms with Crippen LogP contribution in [0.4, 0.5) is 11.4 Å². The van der Waals surface area contributed by atoms with Crippen LogP contribution in [0.2, 0.25) is 0 Å². The number of aromatic nitrogens is 2. The number of likely N-dealkylation sites (N-methyl/N-ethyl adjacent to an activating group) is 1. The first-order chi connectivity index (χ1) is 16.6. The van der Waals surface area contributed by atoms with Crippen LogP contribution in [0, 0.1) is 0 Å². The zero-order valence-electron chi connectivity index (χ0n) is 19.9. The van der Waals surface area contributed by atoms with Crippen molar-refractivity contribution in [3.63, 3.8) is 0 Å². The molecule has 7 heteroatoms. The van der Waals surface area contributed by atoms with Gasteiger partial charge in [-0.1, -0.05) is 19.8 Å². The van der Waals surface area contributed by atoms with Crippen molar-refractivity contribution in [2.75, 3.05) is 42.9 Å². The van der Waals surface area contributed by atoms with Crippen LogP contribution in [0.5, 0.6) is 0 Å². The number of rotatable bonds is 4. The molecule has 0 radical (unpaired) electrons. The second kappa shape index (κ2) is 9.97. The summed E-state index contributed by atoms with van der Waals surface area (Å²) in [5, 5.41) is 3.56. The van der Waals surface area contributed by atoms with E-state index >= 15 is 0 Å². The van der Waals surface area contributed by atoms with E-state index in [0.29, 0.717) is 16.5 Å². The van der Waals surface area contributed by atoms with Gasteiger partial charge in [-0.3, -0.25) is 14.2 Å². The van der Waals surface area contributed by atoms with Gasteiger partial charge in [0.2, 0.25) is 0 Å². The Morgan fingerprint density at radius 3 is 2.47 bits per heavy atom. The first kappa shape index (κ1) is 22.6. The average molecular weight is 460 g/mol. The molecule has 0 unspecified atom stereocenters. The standard InChI is InChI=1S/C27H33N5O2/c1-2-30-15-17-31(18-16-30)22-11-9-21(10-12-22)28-26(33)20-8-13-23-24(19-20)29-25-7-5-3-4-6-14-32(25)27(23)34/h8-13,19H,2-7,14-18H2,1H3,(H,28,33). The molecule has 5 rings (SSSR count). The van der Waals surface area contributed by atoms with Crippen LogP contribution in [0.25, 0.3) is 10.9 Å². The Balaban J connectivity index is 1.31. The Hall–Kier alpha value is -3.19. The van der Waals surface area contributed by atoms with Gasteiger partial charge in [0, 0.05) is 56.1 Å². The number of hydrogen-bond donors (Lipinski definition) is 1. The Labute approximate surface area is 200 Å². The Kier molecular flexibility index (Phi) is 6.63. The van der Waals surface area contributed by atoms with Crippen molar-refractivity contribution in [3.8, 4) is 0 Å². The van der Waals surface area contributed by atoms with Gasteiger partial charge in [-0.05, 0) is 61.9 Å². The van der Waals surface area contributed by atoms with E-state index in [-0.39, 0.29) is 11.5 Å². The van der Waals surface area contributed by atoms with Crippen molar-refractivity contribution >= 4 is 28.2 Å². The summed E-state index contributed by atoms with van der Waals surface area (Å²) in [5.41, 5.74) is 3.05. The molecule has 1 N–H and O–H groups in total. The topological polar surface area (TPSA) is 70.5 Å². The lowest BCUT2D eigenvalue weighted by atomic mass is 10.1. The number of carbonyl (C=O) groups excluding carboxylic acids is 1. The molecule has 0 bridgehead atoms. The summed E-state index contributed by atoms with van der Waals surface area (Å²) in [6.07, 6.45) is 5.18. The maximum Gasteiger partial charge on any atom is 0.261 e. The van der Waals surface area contributed by atoms with E-state index in [4.69, 9.17) is 4.98 Å². The number of piperazine rings is 1. The van der Waals surface area contributed by atoms with Gasteiger partial charge in [-0.15, -0.1) is 0 Å². The molecule has 178 valence electrons. The molecule has 1 fully saturated rings. The van der Waals surface area contributed by atoms with Crippen LogP contribution in [-0.4, -0.2) is 53.1 Å². The molecule has 7 nitrogen and oxygen atoms in total. The third kappa shape index (κ3) is 4.71. The molecule has 1 saturated heterocycles. The lowest BCUT2D eigenvalue weighted by Crippen LogP contribution is -2.46. The van der Waals surface area contributed by atoms with Gasteiger partial charge in [0.15, 0.2) is 0 Å². The SMILES string of the molecule is CCN1CCN(c2ccc(NC(=O)c3ccc4c(=O)n5c(nc4c3)CCCCCC5)cc2)CC1. The first-order valence-corrected chi connectivity index (χ1v) is 12.5. The highest BCUT2D eigenvalue weighted by Gasteiger charge is 2.17. The zero-order valence-corrected chi connectivity index (χ0v) is 19.9. The lowest BCUT2D eigenvalue weighted by molar-refractivity contribution is 0.102. The highest BCUT2D eigenvalue weighted by molar-refractivity contribution is 6.06. The fourth-order valence-corrected chi connectivity index (χ4v) is 5.02. The maximum absolute atomic E-state index is 13.0. The minimum atomic E-state index is -0.195. The molecule has 0 spiro atoms. The number of aryl methyl sites for hydroxylation is 1. The van der Waals surface area contributed by atoms with Gasteiger partial charge in [0.1, 0.15) is 5.82 Å². The van der Waals surface area contributed by atoms with E-state index in [2.05, 4.69) is 34.2 Å². The summed E-state index contributed by atoms with van der Waals surface area (Å²) in [6, 6.07) is 13.2. The van der Waals surface area contributed by atoms with Crippen molar-refractivity contribution in [3.05, 3.63) is 64.2 Å². The van der Waals surface area contributed by atoms with E-state index in [1.807, 2.05) is 16.7 Å². The number of amides is 1. The molecule has 34 heavy (non-hydrogen) atoms. The van der Waals surface area contributed by atoms with Gasteiger partial charge in [0.05, 0.1) is 10.9 Å². The molecule has 1 aromatic heterocycles. The van der Waals surface area contributed by atoms with E-state index in [9.17, 15) is 9.59 Å². The number of nitrogens with one attached hydrogen (secondary N) is 1. The van der Waals surface area contributed by atoms with Gasteiger partial charge >= 0.3 is 0 Å². The van der Waals surface area contributed by atoms with Crippen LogP contribution >= 0.6 is 0 Å². The number of anilines is 2. The largest absolute Gasteiger partial charge is 0.369 e. The van der Waals surface area contributed by atoms with Crippen LogP contribution in [0.15, 0.2) is 47.3 Å². The minimum Gasteiger partial charge on any atom is -0.369 e. The minimum absolute atomic E-state index is 0.00390. The average Bonchev–Trinajstić information content (AvgIpc) is 2.85. The highest BCUT2D eigenvalue weighted by Crippen LogP contribution is 2.21. The summed E-state index contributed by atoms with van der Waals surface area (Å²) in [5.74, 6) is 0.643. The molecule has 2 aliphatic rings. The number of nitrogens with zero attached hydrogens (tertiary/aromatic N) is 4. The second-order valence-electron chi connectivity index (χ2n) is 9.30. The van der Waals surface area contributed by atoms with E-state index < -0.39 is 0 Å². The quantitative estimate of drug-likeness (QED) is 0.641. The Bertz CT molecular complexity index is 1230. The Morgan fingerprint density at radius 2 is 1.71 bits per heavy atom. The van der Waals surface area contributed by atoms with Crippen LogP contribution in [0.3, 0.4) is 0 Å². The molecule has 3 aromatic rings. The van der Waals surface area contributed by atoms with Gasteiger partial charge in [-0.2, -0.15) is 0 Å². The van der Waals surface area contributed by atoms with Gasteiger partial charge in [-0.25, -0.2) is 4.98 Å². The van der Waals surface area contributed by atoms with Crippen LogP contribution in [0.1, 0.15) is 48.8 Å². The van der Waals surface area contributed by atoms with E-state index in [0.717, 1.165) is 76.5 Å². The van der Waals surface area contributed by atoms with E-state index in [1.165, 1.54) is 12.1 Å². The van der Waals surface area contributed by atoms with Crippen molar-refractivity contribution in [2.24, 2.45) is 0 Å². The molecule has 2 aromatic carbocycles. The summed E-state index contributed by atoms with van der Waals surface area (Å²) in [6.45, 7) is 8.23. The predicted molar refractivity (Wildman–Crippen MR) is 137 cm³/mol. The smallest absolute Gasteiger partial charge is 0.261 e. The highest BCUT2D eigenvalue weighted by atomic mass is 16.1. The third-order valence-electron chi connectivity index (χ3n) is 7.14. The number of benzene rings is 2. The van der Waals surface area contributed by atoms with Gasteiger partial charge < -0.3 is 15.1 Å². The van der Waals surface area contributed by atoms with Crippen molar-refractivity contribution in [2.45, 2.75) is 45.6 Å². The normalized spacial score (nSPS) is 17.1. The molecule has 0 saturated carbocycles. The molecule has 1 amide bonds. The van der Waals surface area contributed by atoms with Gasteiger partial charge in [0.25, 0.3) is 11.5 Å². The number of fused-ring (bicyclic) bond motifs is 2. The molecular weight excluding hydrogens is 426 g/mol. The third-order valence-corrected chi connectivity index (χ3v) is 7.14. The number of carbonyl (C=O) groups is 1. The maximum atomic E-state index is 13.0. The fraction of sp³-hybridized carbons (Fsp3) is 0.444. The van der Waals surface area contributed by atoms with Crippen LogP contribution in [-0.2, 0) is 13.0 Å². The van der Waals surface area contributed by atoms with Crippen molar-refractivity contribution < 1.29 is 4.79 Å².